The second kappa shape index (κ2) is 9.55. The van der Waals surface area contributed by atoms with E-state index in [0.717, 1.165) is 6.42 Å². The number of aromatic amines is 1. The molecule has 1 unspecified atom stereocenters. The SMILES string of the molecule is CCCOc1ccc(/C(O)=C2\C(=O)C(=O)N(CCC[n+]3cc[nH]c3)C2c2ccco2)cc1. The van der Waals surface area contributed by atoms with Gasteiger partial charge in [-0.05, 0) is 42.8 Å². The van der Waals surface area contributed by atoms with E-state index in [1.165, 1.54) is 11.2 Å². The van der Waals surface area contributed by atoms with Crippen LogP contribution in [0.15, 0.2) is 71.4 Å². The first-order chi connectivity index (χ1) is 15.6. The van der Waals surface area contributed by atoms with Gasteiger partial charge in [-0.2, -0.15) is 0 Å². The molecule has 1 aliphatic rings. The van der Waals surface area contributed by atoms with Crippen molar-refractivity contribution in [3.05, 3.63) is 78.3 Å². The number of nitrogens with one attached hydrogen (secondary N) is 1. The van der Waals surface area contributed by atoms with E-state index in [2.05, 4.69) is 4.98 Å². The number of aliphatic hydroxyl groups is 1. The van der Waals surface area contributed by atoms with Gasteiger partial charge in [0.2, 0.25) is 6.33 Å². The van der Waals surface area contributed by atoms with E-state index in [0.29, 0.717) is 43.2 Å². The van der Waals surface area contributed by atoms with Crippen LogP contribution in [0.4, 0.5) is 0 Å². The van der Waals surface area contributed by atoms with Crippen molar-refractivity contribution in [3.8, 4) is 5.75 Å². The number of aliphatic hydroxyl groups excluding tert-OH is 1. The highest BCUT2D eigenvalue weighted by molar-refractivity contribution is 6.46. The molecule has 1 amide bonds. The second-order valence-electron chi connectivity index (χ2n) is 7.58. The molecular formula is C24H26N3O5+. The molecule has 0 radical (unpaired) electrons. The summed E-state index contributed by atoms with van der Waals surface area (Å²) in [6, 6.07) is 9.44. The highest BCUT2D eigenvalue weighted by atomic mass is 16.5. The predicted octanol–water partition coefficient (Wildman–Crippen LogP) is 3.20. The molecule has 1 aromatic carbocycles. The fourth-order valence-corrected chi connectivity index (χ4v) is 3.82. The number of rotatable bonds is 9. The van der Waals surface area contributed by atoms with Gasteiger partial charge in [0.15, 0.2) is 0 Å². The maximum atomic E-state index is 13.0. The monoisotopic (exact) mass is 436 g/mol. The number of nitrogens with zero attached hydrogens (tertiary/aromatic N) is 2. The van der Waals surface area contributed by atoms with Gasteiger partial charge in [-0.3, -0.25) is 14.6 Å². The molecule has 8 nitrogen and oxygen atoms in total. The summed E-state index contributed by atoms with van der Waals surface area (Å²) >= 11 is 0. The summed E-state index contributed by atoms with van der Waals surface area (Å²) in [5, 5.41) is 11.0. The standard InChI is InChI=1S/C24H25N3O5/c1-2-14-31-18-8-6-17(7-9-18)22(28)20-21(19-5-3-15-32-19)27(24(30)23(20)29)12-4-11-26-13-10-25-16-26/h3,5-10,13,15-16,21H,2,4,11-12,14H2,1H3,(H,28,29)/p+1. The Kier molecular flexibility index (Phi) is 6.39. The predicted molar refractivity (Wildman–Crippen MR) is 116 cm³/mol. The maximum absolute atomic E-state index is 13.0. The third-order valence-corrected chi connectivity index (χ3v) is 5.37. The number of ether oxygens (including phenoxy) is 1. The third-order valence-electron chi connectivity index (χ3n) is 5.37. The number of aromatic nitrogens is 2. The number of carbonyl (C=O) groups is 2. The molecule has 32 heavy (non-hydrogen) atoms. The zero-order chi connectivity index (χ0) is 22.5. The van der Waals surface area contributed by atoms with Crippen molar-refractivity contribution in [1.82, 2.24) is 9.88 Å². The van der Waals surface area contributed by atoms with Crippen molar-refractivity contribution in [2.24, 2.45) is 0 Å². The fraction of sp³-hybridized carbons (Fsp3) is 0.292. The van der Waals surface area contributed by atoms with Crippen LogP contribution in [0.25, 0.3) is 5.76 Å². The maximum Gasteiger partial charge on any atom is 0.295 e. The number of likely N-dealkylation sites (tertiary alicyclic amines) is 1. The summed E-state index contributed by atoms with van der Waals surface area (Å²) in [6.45, 7) is 3.63. The van der Waals surface area contributed by atoms with Crippen LogP contribution >= 0.6 is 0 Å². The van der Waals surface area contributed by atoms with Crippen molar-refractivity contribution in [2.75, 3.05) is 13.2 Å². The van der Waals surface area contributed by atoms with Crippen molar-refractivity contribution in [2.45, 2.75) is 32.4 Å². The van der Waals surface area contributed by atoms with Gasteiger partial charge < -0.3 is 19.2 Å². The Morgan fingerprint density at radius 3 is 2.72 bits per heavy atom. The van der Waals surface area contributed by atoms with E-state index in [9.17, 15) is 14.7 Å². The molecule has 1 fully saturated rings. The van der Waals surface area contributed by atoms with Crippen LogP contribution in [-0.4, -0.2) is 39.8 Å². The highest BCUT2D eigenvalue weighted by Crippen LogP contribution is 2.39. The number of ketones is 1. The molecule has 0 spiro atoms. The molecule has 1 aliphatic heterocycles. The third kappa shape index (κ3) is 4.30. The number of carbonyl (C=O) groups excluding carboxylic acids is 2. The molecule has 4 rings (SSSR count). The number of hydrogen-bond donors (Lipinski definition) is 2. The van der Waals surface area contributed by atoms with E-state index >= 15 is 0 Å². The molecule has 0 saturated carbocycles. The first-order valence-corrected chi connectivity index (χ1v) is 10.7. The molecule has 166 valence electrons. The minimum atomic E-state index is -0.780. The normalized spacial score (nSPS) is 17.8. The molecule has 2 N–H and O–H groups in total. The molecule has 1 atom stereocenters. The van der Waals surface area contributed by atoms with Crippen LogP contribution in [0.2, 0.25) is 0 Å². The average molecular weight is 436 g/mol. The summed E-state index contributed by atoms with van der Waals surface area (Å²) in [6.07, 6.45) is 8.55. The lowest BCUT2D eigenvalue weighted by Crippen LogP contribution is -2.35. The van der Waals surface area contributed by atoms with Crippen LogP contribution in [0.5, 0.6) is 5.75 Å². The van der Waals surface area contributed by atoms with Gasteiger partial charge in [-0.1, -0.05) is 6.92 Å². The Balaban J connectivity index is 1.63. The van der Waals surface area contributed by atoms with Gasteiger partial charge in [-0.25, -0.2) is 4.57 Å². The highest BCUT2D eigenvalue weighted by Gasteiger charge is 2.47. The first kappa shape index (κ1) is 21.4. The van der Waals surface area contributed by atoms with Gasteiger partial charge in [0.05, 0.1) is 25.0 Å². The zero-order valence-electron chi connectivity index (χ0n) is 17.9. The number of aryl methyl sites for hydroxylation is 1. The minimum Gasteiger partial charge on any atom is -0.507 e. The number of amides is 1. The van der Waals surface area contributed by atoms with Gasteiger partial charge >= 0.3 is 0 Å². The van der Waals surface area contributed by atoms with Crippen LogP contribution < -0.4 is 9.30 Å². The average Bonchev–Trinajstić information content (AvgIpc) is 3.56. The summed E-state index contributed by atoms with van der Waals surface area (Å²) < 4.78 is 13.1. The Labute approximate surface area is 185 Å². The molecule has 1 saturated heterocycles. The topological polar surface area (TPSA) is 99.6 Å². The molecule has 3 heterocycles. The van der Waals surface area contributed by atoms with Crippen LogP contribution in [0, 0.1) is 0 Å². The number of furan rings is 1. The summed E-state index contributed by atoms with van der Waals surface area (Å²) in [7, 11) is 0. The summed E-state index contributed by atoms with van der Waals surface area (Å²) in [5.41, 5.74) is 0.466. The lowest BCUT2D eigenvalue weighted by molar-refractivity contribution is -0.695. The molecular weight excluding hydrogens is 410 g/mol. The quantitative estimate of drug-likeness (QED) is 0.232. The van der Waals surface area contributed by atoms with Gasteiger partial charge in [0.1, 0.15) is 35.7 Å². The molecule has 0 aliphatic carbocycles. The van der Waals surface area contributed by atoms with Crippen molar-refractivity contribution in [1.29, 1.82) is 0 Å². The number of hydrogen-bond acceptors (Lipinski definition) is 5. The second-order valence-corrected chi connectivity index (χ2v) is 7.58. The van der Waals surface area contributed by atoms with E-state index < -0.39 is 17.7 Å². The first-order valence-electron chi connectivity index (χ1n) is 10.7. The lowest BCUT2D eigenvalue weighted by atomic mass is 9.99. The molecule has 2 aromatic heterocycles. The number of H-pyrrole nitrogens is 1. The lowest BCUT2D eigenvalue weighted by Gasteiger charge is -2.23. The zero-order valence-corrected chi connectivity index (χ0v) is 17.9. The van der Waals surface area contributed by atoms with E-state index in [-0.39, 0.29) is 11.3 Å². The minimum absolute atomic E-state index is 0.0291. The fourth-order valence-electron chi connectivity index (χ4n) is 3.82. The van der Waals surface area contributed by atoms with Crippen molar-refractivity contribution in [3.63, 3.8) is 0 Å². The van der Waals surface area contributed by atoms with Gasteiger partial charge in [0.25, 0.3) is 11.7 Å². The van der Waals surface area contributed by atoms with Gasteiger partial charge in [-0.15, -0.1) is 0 Å². The Morgan fingerprint density at radius 2 is 2.06 bits per heavy atom. The summed E-state index contributed by atoms with van der Waals surface area (Å²) in [5.74, 6) is -0.481. The number of Topliss-reactive ketones (excluding diaryl/α,β-unsaturated/α-hetero) is 1. The molecule has 0 bridgehead atoms. The molecule has 8 heteroatoms. The Morgan fingerprint density at radius 1 is 1.25 bits per heavy atom. The van der Waals surface area contributed by atoms with Crippen LogP contribution in [0.3, 0.4) is 0 Å². The van der Waals surface area contributed by atoms with E-state index in [1.807, 2.05) is 30.2 Å². The summed E-state index contributed by atoms with van der Waals surface area (Å²) in [4.78, 5) is 30.3. The van der Waals surface area contributed by atoms with Crippen molar-refractivity contribution < 1.29 is 28.4 Å². The molecule has 3 aromatic rings. The van der Waals surface area contributed by atoms with Crippen LogP contribution in [-0.2, 0) is 16.1 Å². The largest absolute Gasteiger partial charge is 0.507 e. The van der Waals surface area contributed by atoms with Crippen molar-refractivity contribution >= 4 is 17.4 Å². The Bertz CT molecular complexity index is 1090. The number of imidazole rings is 1. The van der Waals surface area contributed by atoms with E-state index in [4.69, 9.17) is 9.15 Å². The Hall–Kier alpha value is -3.81. The number of benzene rings is 1. The van der Waals surface area contributed by atoms with Gasteiger partial charge in [0, 0.05) is 18.5 Å². The van der Waals surface area contributed by atoms with Crippen LogP contribution in [0.1, 0.15) is 37.1 Å². The van der Waals surface area contributed by atoms with E-state index in [1.54, 1.807) is 36.4 Å². The smallest absolute Gasteiger partial charge is 0.295 e.